The average Bonchev–Trinajstić information content (AvgIpc) is 2.71. The van der Waals surface area contributed by atoms with Crippen molar-refractivity contribution in [1.29, 1.82) is 0 Å². The van der Waals surface area contributed by atoms with Gasteiger partial charge in [-0.15, -0.1) is 0 Å². The van der Waals surface area contributed by atoms with Gasteiger partial charge in [0.1, 0.15) is 0 Å². The molecule has 0 radical (unpaired) electrons. The molecule has 0 fully saturated rings. The normalized spacial score (nSPS) is 16.6. The van der Waals surface area contributed by atoms with Crippen LogP contribution in [0.15, 0.2) is 0 Å². The van der Waals surface area contributed by atoms with E-state index < -0.39 is 81.0 Å². The van der Waals surface area contributed by atoms with E-state index in [1.54, 1.807) is 0 Å². The van der Waals surface area contributed by atoms with Crippen LogP contribution in [0.4, 0.5) is 105 Å². The zero-order chi connectivity index (χ0) is 33.6. The van der Waals surface area contributed by atoms with Crippen molar-refractivity contribution in [3.63, 3.8) is 0 Å². The standard InChI is InChI=1S/C12H2F24O3S.K/c13-1(14)2(15,16)3(17,18)4(19,20)5(21,22)6(23,24)7(25,26)8(27,28)9(29,30)10(31,32)11(33,34)12(35,36)40(37,38)39;/h1H,(H,37,38,39);/q;+1/p-1. The number of hydrogen-bond donors (Lipinski definition) is 0. The van der Waals surface area contributed by atoms with Gasteiger partial charge in [0, 0.05) is 0 Å². The van der Waals surface area contributed by atoms with Crippen molar-refractivity contribution in [3.05, 3.63) is 0 Å². The second-order valence-electron chi connectivity index (χ2n) is 7.06. The first-order chi connectivity index (χ1) is 16.7. The van der Waals surface area contributed by atoms with E-state index in [2.05, 4.69) is 0 Å². The van der Waals surface area contributed by atoms with E-state index in [0.717, 1.165) is 0 Å². The quantitative estimate of drug-likeness (QED) is 0.176. The molecule has 0 saturated carbocycles. The fourth-order valence-corrected chi connectivity index (χ4v) is 2.51. The van der Waals surface area contributed by atoms with Gasteiger partial charge >= 0.3 is 122 Å². The summed E-state index contributed by atoms with van der Waals surface area (Å²) in [6.07, 6.45) is -6.32. The van der Waals surface area contributed by atoms with E-state index in [0.29, 0.717) is 0 Å². The summed E-state index contributed by atoms with van der Waals surface area (Å²) >= 11 is 0. The fraction of sp³-hybridized carbons (Fsp3) is 1.00. The van der Waals surface area contributed by atoms with Crippen LogP contribution in [0, 0.1) is 0 Å². The molecule has 0 atom stereocenters. The van der Waals surface area contributed by atoms with Crippen LogP contribution >= 0.6 is 0 Å². The molecular formula is C12HF24KO3S. The maximum atomic E-state index is 13.5. The molecule has 29 heteroatoms. The van der Waals surface area contributed by atoms with Crippen molar-refractivity contribution in [3.8, 4) is 0 Å². The van der Waals surface area contributed by atoms with Gasteiger partial charge < -0.3 is 4.55 Å². The molecular weight excluding hydrogens is 719 g/mol. The maximum absolute atomic E-state index is 13.5. The third-order valence-corrected chi connectivity index (χ3v) is 5.41. The van der Waals surface area contributed by atoms with Crippen molar-refractivity contribution < 1.29 is 170 Å². The summed E-state index contributed by atoms with van der Waals surface area (Å²) in [6.45, 7) is 0. The molecule has 0 aliphatic carbocycles. The van der Waals surface area contributed by atoms with Gasteiger partial charge in [0.15, 0.2) is 10.1 Å². The molecule has 0 aromatic carbocycles. The Bertz CT molecular complexity index is 1060. The van der Waals surface area contributed by atoms with Crippen LogP contribution in [-0.4, -0.2) is 83.9 Å². The van der Waals surface area contributed by atoms with E-state index in [-0.39, 0.29) is 51.4 Å². The van der Waals surface area contributed by atoms with Crippen LogP contribution in [0.2, 0.25) is 0 Å². The second-order valence-corrected chi connectivity index (χ2v) is 8.49. The minimum Gasteiger partial charge on any atom is -0.743 e. The summed E-state index contributed by atoms with van der Waals surface area (Å²) in [6, 6.07) is 0. The molecule has 0 aromatic heterocycles. The number of halogens is 24. The Morgan fingerprint density at radius 1 is 0.390 bits per heavy atom. The fourth-order valence-electron chi connectivity index (χ4n) is 2.07. The third kappa shape index (κ3) is 5.20. The van der Waals surface area contributed by atoms with Crippen LogP contribution in [0.5, 0.6) is 0 Å². The predicted molar refractivity (Wildman–Crippen MR) is 70.1 cm³/mol. The predicted octanol–water partition coefficient (Wildman–Crippen LogP) is 3.75. The van der Waals surface area contributed by atoms with E-state index in [4.69, 9.17) is 0 Å². The molecule has 0 bridgehead atoms. The number of hydrogen-bond acceptors (Lipinski definition) is 3. The average molecular weight is 720 g/mol. The summed E-state index contributed by atoms with van der Waals surface area (Å²) in [4.78, 5) is 0. The zero-order valence-electron chi connectivity index (χ0n) is 17.8. The molecule has 0 spiro atoms. The largest absolute Gasteiger partial charge is 1.00 e. The van der Waals surface area contributed by atoms with Crippen LogP contribution < -0.4 is 51.4 Å². The van der Waals surface area contributed by atoms with Gasteiger partial charge in [-0.05, 0) is 0 Å². The van der Waals surface area contributed by atoms with Crippen LogP contribution in [-0.2, 0) is 10.1 Å². The Morgan fingerprint density at radius 2 is 0.561 bits per heavy atom. The molecule has 0 rings (SSSR count). The Labute approximate surface area is 249 Å². The molecule has 3 nitrogen and oxygen atoms in total. The van der Waals surface area contributed by atoms with E-state index in [1.807, 2.05) is 0 Å². The maximum Gasteiger partial charge on any atom is 1.00 e. The number of alkyl halides is 24. The SMILES string of the molecule is O=S(=O)([O-])C(F)(F)C(F)(F)C(F)(F)C(F)(F)C(F)(F)C(F)(F)C(F)(F)C(F)(F)C(F)(F)C(F)(F)C(F)(F)C(F)F.[K+]. The first kappa shape index (κ1) is 43.0. The first-order valence-electron chi connectivity index (χ1n) is 8.09. The first-order valence-corrected chi connectivity index (χ1v) is 9.50. The van der Waals surface area contributed by atoms with Crippen LogP contribution in [0.3, 0.4) is 0 Å². The topological polar surface area (TPSA) is 57.2 Å². The van der Waals surface area contributed by atoms with Gasteiger partial charge in [0.05, 0.1) is 0 Å². The van der Waals surface area contributed by atoms with Crippen LogP contribution in [0.1, 0.15) is 0 Å². The summed E-state index contributed by atoms with van der Waals surface area (Å²) in [5.74, 6) is -92.1. The molecule has 0 aromatic rings. The molecule has 0 aliphatic rings. The van der Waals surface area contributed by atoms with E-state index in [1.165, 1.54) is 0 Å². The summed E-state index contributed by atoms with van der Waals surface area (Å²) in [5, 5.41) is -8.29. The van der Waals surface area contributed by atoms with E-state index in [9.17, 15) is 118 Å². The van der Waals surface area contributed by atoms with Gasteiger partial charge in [-0.1, -0.05) is 0 Å². The smallest absolute Gasteiger partial charge is 0.743 e. The Morgan fingerprint density at radius 3 is 0.732 bits per heavy atom. The molecule has 41 heavy (non-hydrogen) atoms. The Balaban J connectivity index is 0. The van der Waals surface area contributed by atoms with Crippen molar-refractivity contribution in [1.82, 2.24) is 0 Å². The van der Waals surface area contributed by atoms with Gasteiger partial charge in [-0.25, -0.2) is 17.2 Å². The Kier molecular flexibility index (Phi) is 11.3. The molecule has 242 valence electrons. The molecule has 0 amide bonds. The minimum atomic E-state index is -9.67. The van der Waals surface area contributed by atoms with Gasteiger partial charge in [-0.3, -0.25) is 0 Å². The van der Waals surface area contributed by atoms with Crippen molar-refractivity contribution in [2.45, 2.75) is 70.9 Å². The second kappa shape index (κ2) is 10.7. The summed E-state index contributed by atoms with van der Waals surface area (Å²) < 4.78 is 344. The van der Waals surface area contributed by atoms with E-state index >= 15 is 0 Å². The van der Waals surface area contributed by atoms with Crippen LogP contribution in [0.25, 0.3) is 0 Å². The molecule has 0 saturated heterocycles. The van der Waals surface area contributed by atoms with Gasteiger partial charge in [0.2, 0.25) is 0 Å². The molecule has 0 heterocycles. The number of rotatable bonds is 12. The monoisotopic (exact) mass is 720 g/mol. The Hall–Kier alpha value is -0.134. The third-order valence-electron chi connectivity index (χ3n) is 4.53. The van der Waals surface area contributed by atoms with Crippen molar-refractivity contribution in [2.75, 3.05) is 0 Å². The van der Waals surface area contributed by atoms with Gasteiger partial charge in [-0.2, -0.15) is 96.6 Å². The van der Waals surface area contributed by atoms with Gasteiger partial charge in [0.25, 0.3) is 0 Å². The molecule has 0 unspecified atom stereocenters. The summed E-state index contributed by atoms with van der Waals surface area (Å²) in [7, 11) is -8.45. The minimum absolute atomic E-state index is 0. The van der Waals surface area contributed by atoms with Crippen molar-refractivity contribution >= 4 is 10.1 Å². The van der Waals surface area contributed by atoms with Crippen molar-refractivity contribution in [2.24, 2.45) is 0 Å². The molecule has 0 N–H and O–H groups in total. The summed E-state index contributed by atoms with van der Waals surface area (Å²) in [5.41, 5.74) is 0. The zero-order valence-corrected chi connectivity index (χ0v) is 21.7. The molecule has 0 aliphatic heterocycles.